The van der Waals surface area contributed by atoms with Gasteiger partial charge in [0.15, 0.2) is 0 Å². The van der Waals surface area contributed by atoms with Crippen molar-refractivity contribution in [2.24, 2.45) is 0 Å². The first-order valence-electron chi connectivity index (χ1n) is 15.1. The molecule has 0 spiro atoms. The molecule has 2 unspecified atom stereocenters. The number of hydrogen-bond donors (Lipinski definition) is 2. The number of fused-ring (bicyclic) bond motifs is 2. The lowest BCUT2D eigenvalue weighted by molar-refractivity contribution is 0.0446. The summed E-state index contributed by atoms with van der Waals surface area (Å²) in [6.45, 7) is 6.60. The Morgan fingerprint density at radius 3 is 2.86 bits per heavy atom. The second-order valence-electron chi connectivity index (χ2n) is 13.1. The standard InChI is InChI=1S/C30H37FN8O3S/c1-28(40)7-4-10-38(16-28)22-12-20(34-27(35-22)41-17-30-9-5-11-39(30)15-18(31)13-30)25-36-26(42-37-25)29(2)8-3-6-21-23(29)19(14-32)24(33)43-21/h12,18,40H,3-11,13,15-17,33H2,1-2H3/t18-,28?,29?,30+/m1/s1. The number of aromatic nitrogens is 4. The smallest absolute Gasteiger partial charge is 0.319 e. The molecule has 0 radical (unpaired) electrons. The number of aliphatic hydroxyl groups is 1. The third-order valence-electron chi connectivity index (χ3n) is 9.80. The van der Waals surface area contributed by atoms with Crippen LogP contribution in [0.5, 0.6) is 6.01 Å². The lowest BCUT2D eigenvalue weighted by Gasteiger charge is -2.37. The van der Waals surface area contributed by atoms with Crippen LogP contribution >= 0.6 is 11.3 Å². The number of nitrogens with zero attached hydrogens (tertiary/aromatic N) is 7. The van der Waals surface area contributed by atoms with Crippen molar-refractivity contribution in [3.8, 4) is 23.6 Å². The molecule has 3 fully saturated rings. The van der Waals surface area contributed by atoms with Crippen molar-refractivity contribution < 1.29 is 18.8 Å². The van der Waals surface area contributed by atoms with Crippen molar-refractivity contribution in [1.29, 1.82) is 5.26 Å². The SMILES string of the molecule is CC1(O)CCCN(c2cc(-c3noc(C4(C)CCCc5sc(N)c(C#N)c54)n3)nc(OC[C@@]34CCCN3C[C@H](F)C4)n2)C1. The summed E-state index contributed by atoms with van der Waals surface area (Å²) in [6, 6.07) is 4.25. The van der Waals surface area contributed by atoms with E-state index in [1.165, 1.54) is 11.3 Å². The van der Waals surface area contributed by atoms with E-state index in [0.717, 1.165) is 62.1 Å². The summed E-state index contributed by atoms with van der Waals surface area (Å²) in [6.07, 6.45) is 5.52. The molecule has 13 heteroatoms. The van der Waals surface area contributed by atoms with Crippen LogP contribution in [0, 0.1) is 11.3 Å². The van der Waals surface area contributed by atoms with Gasteiger partial charge in [0.2, 0.25) is 11.7 Å². The number of anilines is 2. The molecular formula is C30H37FN8O3S. The van der Waals surface area contributed by atoms with Crippen LogP contribution in [0.25, 0.3) is 11.5 Å². The number of thiophene rings is 1. The summed E-state index contributed by atoms with van der Waals surface area (Å²) in [5.41, 5.74) is 6.16. The van der Waals surface area contributed by atoms with Gasteiger partial charge in [-0.25, -0.2) is 4.39 Å². The topological polar surface area (TPSA) is 150 Å². The number of hydrogen-bond acceptors (Lipinski definition) is 12. The number of rotatable bonds is 6. The number of halogens is 1. The Balaban J connectivity index is 1.24. The Kier molecular flexibility index (Phi) is 6.87. The minimum atomic E-state index is -0.859. The number of piperidine rings is 1. The number of alkyl halides is 1. The molecule has 0 amide bonds. The molecular weight excluding hydrogens is 571 g/mol. The van der Waals surface area contributed by atoms with Gasteiger partial charge in [0.05, 0.1) is 22.1 Å². The molecule has 0 bridgehead atoms. The lowest BCUT2D eigenvalue weighted by Crippen LogP contribution is -2.46. The van der Waals surface area contributed by atoms with Gasteiger partial charge >= 0.3 is 6.01 Å². The third kappa shape index (κ3) is 4.93. The number of nitriles is 1. The van der Waals surface area contributed by atoms with Gasteiger partial charge < -0.3 is 25.0 Å². The summed E-state index contributed by atoms with van der Waals surface area (Å²) in [7, 11) is 0. The van der Waals surface area contributed by atoms with Gasteiger partial charge in [-0.2, -0.15) is 20.2 Å². The predicted octanol–water partition coefficient (Wildman–Crippen LogP) is 3.99. The van der Waals surface area contributed by atoms with Crippen LogP contribution in [0.4, 0.5) is 15.2 Å². The van der Waals surface area contributed by atoms with Crippen molar-refractivity contribution in [3.05, 3.63) is 28.0 Å². The van der Waals surface area contributed by atoms with Crippen molar-refractivity contribution in [2.45, 2.75) is 87.9 Å². The van der Waals surface area contributed by atoms with Crippen LogP contribution in [-0.2, 0) is 11.8 Å². The fourth-order valence-corrected chi connectivity index (χ4v) is 8.87. The molecule has 6 heterocycles. The normalized spacial score (nSPS) is 30.7. The highest BCUT2D eigenvalue weighted by Gasteiger charge is 2.49. The zero-order chi connectivity index (χ0) is 30.0. The van der Waals surface area contributed by atoms with Crippen molar-refractivity contribution in [1.82, 2.24) is 25.0 Å². The molecule has 3 aromatic rings. The molecule has 43 heavy (non-hydrogen) atoms. The van der Waals surface area contributed by atoms with Crippen LogP contribution < -0.4 is 15.4 Å². The Bertz CT molecular complexity index is 1590. The van der Waals surface area contributed by atoms with Gasteiger partial charge in [0.1, 0.15) is 35.4 Å². The van der Waals surface area contributed by atoms with Crippen molar-refractivity contribution in [2.75, 3.05) is 43.4 Å². The first-order chi connectivity index (χ1) is 20.6. The van der Waals surface area contributed by atoms with Gasteiger partial charge in [0.25, 0.3) is 0 Å². The van der Waals surface area contributed by atoms with Gasteiger partial charge in [-0.05, 0) is 65.3 Å². The van der Waals surface area contributed by atoms with E-state index < -0.39 is 17.2 Å². The van der Waals surface area contributed by atoms with E-state index in [2.05, 4.69) is 16.1 Å². The van der Waals surface area contributed by atoms with Crippen LogP contribution in [0.15, 0.2) is 10.6 Å². The molecule has 0 saturated carbocycles. The molecule has 3 aliphatic heterocycles. The van der Waals surface area contributed by atoms with Crippen LogP contribution in [0.1, 0.15) is 80.7 Å². The molecule has 7 rings (SSSR count). The van der Waals surface area contributed by atoms with E-state index >= 15 is 0 Å². The summed E-state index contributed by atoms with van der Waals surface area (Å²) in [4.78, 5) is 19.6. The summed E-state index contributed by atoms with van der Waals surface area (Å²) < 4.78 is 26.5. The highest BCUT2D eigenvalue weighted by Crippen LogP contribution is 2.48. The van der Waals surface area contributed by atoms with Crippen molar-refractivity contribution >= 4 is 22.2 Å². The molecule has 0 aromatic carbocycles. The van der Waals surface area contributed by atoms with Crippen molar-refractivity contribution in [3.63, 3.8) is 0 Å². The first-order valence-corrected chi connectivity index (χ1v) is 16.0. The summed E-state index contributed by atoms with van der Waals surface area (Å²) in [5.74, 6) is 1.29. The zero-order valence-corrected chi connectivity index (χ0v) is 25.4. The maximum absolute atomic E-state index is 14.4. The summed E-state index contributed by atoms with van der Waals surface area (Å²) >= 11 is 1.46. The lowest BCUT2D eigenvalue weighted by atomic mass is 9.72. The third-order valence-corrected chi connectivity index (χ3v) is 10.9. The Morgan fingerprint density at radius 2 is 2.05 bits per heavy atom. The Morgan fingerprint density at radius 1 is 1.21 bits per heavy atom. The van der Waals surface area contributed by atoms with E-state index in [4.69, 9.17) is 29.9 Å². The van der Waals surface area contributed by atoms with Crippen LogP contribution in [0.2, 0.25) is 0 Å². The number of nitrogen functional groups attached to an aromatic ring is 1. The largest absolute Gasteiger partial charge is 0.461 e. The van der Waals surface area contributed by atoms with E-state index in [0.29, 0.717) is 60.5 Å². The van der Waals surface area contributed by atoms with E-state index in [1.54, 1.807) is 6.07 Å². The zero-order valence-electron chi connectivity index (χ0n) is 24.6. The number of β-amino-alcohol motifs (C(OH)–C–C–N with tert-alkyl or cyclic N) is 1. The highest BCUT2D eigenvalue weighted by atomic mass is 32.1. The van der Waals surface area contributed by atoms with E-state index in [9.17, 15) is 14.8 Å². The Labute approximate surface area is 253 Å². The van der Waals surface area contributed by atoms with Gasteiger partial charge in [0, 0.05) is 42.6 Å². The minimum absolute atomic E-state index is 0.163. The Hall–Kier alpha value is -3.34. The number of aryl methyl sites for hydroxylation is 1. The van der Waals surface area contributed by atoms with Crippen LogP contribution in [-0.4, -0.2) is 80.2 Å². The average molecular weight is 609 g/mol. The van der Waals surface area contributed by atoms with Gasteiger partial charge in [-0.3, -0.25) is 4.90 Å². The van der Waals surface area contributed by atoms with Gasteiger partial charge in [-0.1, -0.05) is 5.16 Å². The fourth-order valence-electron chi connectivity index (χ4n) is 7.68. The second kappa shape index (κ2) is 10.4. The molecule has 228 valence electrons. The maximum Gasteiger partial charge on any atom is 0.319 e. The molecule has 1 aliphatic carbocycles. The number of nitrogens with two attached hydrogens (primary N) is 1. The van der Waals surface area contributed by atoms with Crippen LogP contribution in [0.3, 0.4) is 0 Å². The summed E-state index contributed by atoms with van der Waals surface area (Å²) in [5, 5.41) is 25.5. The predicted molar refractivity (Wildman–Crippen MR) is 159 cm³/mol. The molecule has 11 nitrogen and oxygen atoms in total. The highest BCUT2D eigenvalue weighted by molar-refractivity contribution is 7.16. The molecule has 4 atom stereocenters. The fraction of sp³-hybridized carbons (Fsp3) is 0.633. The van der Waals surface area contributed by atoms with E-state index in [1.807, 2.05) is 18.7 Å². The minimum Gasteiger partial charge on any atom is -0.461 e. The monoisotopic (exact) mass is 608 g/mol. The molecule has 3 N–H and O–H groups in total. The first kappa shape index (κ1) is 28.4. The maximum atomic E-state index is 14.4. The second-order valence-corrected chi connectivity index (χ2v) is 14.3. The number of ether oxygens (including phenoxy) is 1. The quantitative estimate of drug-likeness (QED) is 0.418. The molecule has 4 aliphatic rings. The van der Waals surface area contributed by atoms with Gasteiger partial charge in [-0.15, -0.1) is 11.3 Å². The molecule has 3 saturated heterocycles. The van der Waals surface area contributed by atoms with E-state index in [-0.39, 0.29) is 17.4 Å². The average Bonchev–Trinajstić information content (AvgIpc) is 3.74. The molecule has 3 aromatic heterocycles.